The Bertz CT molecular complexity index is 550. The Morgan fingerprint density at radius 3 is 2.53 bits per heavy atom. The van der Waals surface area contributed by atoms with Gasteiger partial charge in [0.2, 0.25) is 0 Å². The van der Waals surface area contributed by atoms with Gasteiger partial charge >= 0.3 is 0 Å². The second-order valence-electron chi connectivity index (χ2n) is 4.10. The first-order chi connectivity index (χ1) is 8.06. The molecule has 2 aromatic rings. The van der Waals surface area contributed by atoms with Crippen LogP contribution in [0.5, 0.6) is 11.5 Å². The lowest BCUT2D eigenvalue weighted by atomic mass is 10.0. The Hall–Kier alpha value is -1.67. The number of hydrogen-bond donors (Lipinski definition) is 2. The van der Waals surface area contributed by atoms with E-state index in [0.29, 0.717) is 12.0 Å². The average Bonchev–Trinajstić information content (AvgIpc) is 2.26. The molecule has 0 amide bonds. The summed E-state index contributed by atoms with van der Waals surface area (Å²) in [4.78, 5) is 0. The van der Waals surface area contributed by atoms with Crippen LogP contribution in [0.2, 0.25) is 5.02 Å². The lowest BCUT2D eigenvalue weighted by molar-refractivity contribution is 0.447. The lowest BCUT2D eigenvalue weighted by Crippen LogP contribution is -1.90. The third-order valence-electron chi connectivity index (χ3n) is 2.63. The van der Waals surface area contributed by atoms with Gasteiger partial charge in [0.15, 0.2) is 0 Å². The molecule has 2 N–H and O–H groups in total. The number of rotatable bonds is 2. The highest BCUT2D eigenvalue weighted by Gasteiger charge is 2.07. The average molecular weight is 249 g/mol. The molecular formula is C14H13ClO2. The summed E-state index contributed by atoms with van der Waals surface area (Å²) in [6.45, 7) is 2.02. The Kier molecular flexibility index (Phi) is 3.25. The first-order valence-electron chi connectivity index (χ1n) is 5.32. The zero-order valence-corrected chi connectivity index (χ0v) is 10.2. The van der Waals surface area contributed by atoms with Crippen LogP contribution in [0.15, 0.2) is 36.4 Å². The first kappa shape index (κ1) is 11.8. The Labute approximate surface area is 105 Å². The second-order valence-corrected chi connectivity index (χ2v) is 4.51. The Morgan fingerprint density at radius 1 is 1.06 bits per heavy atom. The molecule has 2 rings (SSSR count). The van der Waals surface area contributed by atoms with E-state index in [1.54, 1.807) is 6.07 Å². The zero-order chi connectivity index (χ0) is 12.4. The topological polar surface area (TPSA) is 40.5 Å². The Morgan fingerprint density at radius 2 is 1.82 bits per heavy atom. The molecule has 17 heavy (non-hydrogen) atoms. The van der Waals surface area contributed by atoms with Gasteiger partial charge in [-0.1, -0.05) is 41.4 Å². The van der Waals surface area contributed by atoms with E-state index in [1.165, 1.54) is 11.6 Å². The minimum atomic E-state index is -0.0999. The van der Waals surface area contributed by atoms with Crippen LogP contribution in [0, 0.1) is 6.92 Å². The largest absolute Gasteiger partial charge is 0.508 e. The molecule has 0 fully saturated rings. The van der Waals surface area contributed by atoms with Crippen LogP contribution in [0.4, 0.5) is 0 Å². The molecule has 0 atom stereocenters. The third kappa shape index (κ3) is 2.71. The van der Waals surface area contributed by atoms with Crippen LogP contribution >= 0.6 is 11.6 Å². The highest BCUT2D eigenvalue weighted by molar-refractivity contribution is 6.32. The first-order valence-corrected chi connectivity index (χ1v) is 5.70. The van der Waals surface area contributed by atoms with Crippen molar-refractivity contribution in [3.63, 3.8) is 0 Å². The number of phenols is 2. The predicted molar refractivity (Wildman–Crippen MR) is 68.8 cm³/mol. The minimum Gasteiger partial charge on any atom is -0.508 e. The SMILES string of the molecule is Cc1cccc(Cc2cc(Cl)c(O)cc2O)c1. The van der Waals surface area contributed by atoms with Crippen molar-refractivity contribution in [2.75, 3.05) is 0 Å². The summed E-state index contributed by atoms with van der Waals surface area (Å²) in [6.07, 6.45) is 0.591. The summed E-state index contributed by atoms with van der Waals surface area (Å²) >= 11 is 5.82. The molecule has 0 heterocycles. The maximum absolute atomic E-state index is 9.73. The molecular weight excluding hydrogens is 236 g/mol. The normalized spacial score (nSPS) is 10.5. The summed E-state index contributed by atoms with van der Waals surface area (Å²) in [7, 11) is 0. The standard InChI is InChI=1S/C14H13ClO2/c1-9-3-2-4-10(5-9)6-11-7-12(15)14(17)8-13(11)16/h2-5,7-8,16-17H,6H2,1H3. The maximum Gasteiger partial charge on any atom is 0.137 e. The molecule has 0 radical (unpaired) electrons. The van der Waals surface area contributed by atoms with Gasteiger partial charge in [-0.05, 0) is 24.1 Å². The van der Waals surface area contributed by atoms with Gasteiger partial charge in [-0.2, -0.15) is 0 Å². The van der Waals surface area contributed by atoms with Crippen LogP contribution in [0.25, 0.3) is 0 Å². The molecule has 0 aliphatic rings. The molecule has 0 aliphatic heterocycles. The summed E-state index contributed by atoms with van der Waals surface area (Å²) in [6, 6.07) is 10.9. The summed E-state index contributed by atoms with van der Waals surface area (Å²) in [5, 5.41) is 19.3. The fourth-order valence-corrected chi connectivity index (χ4v) is 1.96. The lowest BCUT2D eigenvalue weighted by Gasteiger charge is -2.07. The van der Waals surface area contributed by atoms with Crippen molar-refractivity contribution in [3.05, 3.63) is 58.1 Å². The number of aromatic hydroxyl groups is 2. The van der Waals surface area contributed by atoms with Crippen molar-refractivity contribution >= 4 is 11.6 Å². The van der Waals surface area contributed by atoms with Crippen LogP contribution < -0.4 is 0 Å². The molecule has 0 aliphatic carbocycles. The molecule has 0 saturated heterocycles. The minimum absolute atomic E-state index is 0.0633. The van der Waals surface area contributed by atoms with Crippen LogP contribution in [-0.2, 0) is 6.42 Å². The number of aryl methyl sites for hydroxylation is 1. The molecule has 2 aromatic carbocycles. The fourth-order valence-electron chi connectivity index (χ4n) is 1.78. The van der Waals surface area contributed by atoms with E-state index >= 15 is 0 Å². The summed E-state index contributed by atoms with van der Waals surface area (Å²) in [5.74, 6) is -0.0365. The van der Waals surface area contributed by atoms with Gasteiger partial charge in [-0.15, -0.1) is 0 Å². The van der Waals surface area contributed by atoms with E-state index in [1.807, 2.05) is 25.1 Å². The summed E-state index contributed by atoms with van der Waals surface area (Å²) < 4.78 is 0. The molecule has 0 aromatic heterocycles. The van der Waals surface area contributed by atoms with Crippen molar-refractivity contribution < 1.29 is 10.2 Å². The monoisotopic (exact) mass is 248 g/mol. The smallest absolute Gasteiger partial charge is 0.137 e. The summed E-state index contributed by atoms with van der Waals surface area (Å²) in [5.41, 5.74) is 2.98. The van der Waals surface area contributed by atoms with Crippen molar-refractivity contribution in [1.82, 2.24) is 0 Å². The van der Waals surface area contributed by atoms with Crippen molar-refractivity contribution in [3.8, 4) is 11.5 Å². The molecule has 2 nitrogen and oxygen atoms in total. The van der Waals surface area contributed by atoms with Gasteiger partial charge in [-0.3, -0.25) is 0 Å². The van der Waals surface area contributed by atoms with Gasteiger partial charge < -0.3 is 10.2 Å². The molecule has 0 unspecified atom stereocenters. The van der Waals surface area contributed by atoms with E-state index in [4.69, 9.17) is 11.6 Å². The molecule has 88 valence electrons. The highest BCUT2D eigenvalue weighted by Crippen LogP contribution is 2.32. The fraction of sp³-hybridized carbons (Fsp3) is 0.143. The van der Waals surface area contributed by atoms with E-state index < -0.39 is 0 Å². The predicted octanol–water partition coefficient (Wildman–Crippen LogP) is 3.65. The van der Waals surface area contributed by atoms with Crippen molar-refractivity contribution in [1.29, 1.82) is 0 Å². The number of hydrogen-bond acceptors (Lipinski definition) is 2. The quantitative estimate of drug-likeness (QED) is 0.852. The van der Waals surface area contributed by atoms with E-state index in [9.17, 15) is 10.2 Å². The van der Waals surface area contributed by atoms with E-state index in [2.05, 4.69) is 6.07 Å². The third-order valence-corrected chi connectivity index (χ3v) is 2.93. The molecule has 0 saturated carbocycles. The van der Waals surface area contributed by atoms with E-state index in [0.717, 1.165) is 5.56 Å². The van der Waals surface area contributed by atoms with Crippen LogP contribution in [0.1, 0.15) is 16.7 Å². The van der Waals surface area contributed by atoms with Crippen molar-refractivity contribution in [2.24, 2.45) is 0 Å². The van der Waals surface area contributed by atoms with Gasteiger partial charge in [0, 0.05) is 12.5 Å². The second kappa shape index (κ2) is 4.68. The van der Waals surface area contributed by atoms with Crippen LogP contribution in [0.3, 0.4) is 0 Å². The van der Waals surface area contributed by atoms with Gasteiger partial charge in [0.25, 0.3) is 0 Å². The van der Waals surface area contributed by atoms with E-state index in [-0.39, 0.29) is 16.5 Å². The number of halogens is 1. The van der Waals surface area contributed by atoms with Crippen LogP contribution in [-0.4, -0.2) is 10.2 Å². The maximum atomic E-state index is 9.73. The number of benzene rings is 2. The van der Waals surface area contributed by atoms with Crippen molar-refractivity contribution in [2.45, 2.75) is 13.3 Å². The van der Waals surface area contributed by atoms with Gasteiger partial charge in [-0.25, -0.2) is 0 Å². The number of phenolic OH excluding ortho intramolecular Hbond substituents is 2. The van der Waals surface area contributed by atoms with Gasteiger partial charge in [0.05, 0.1) is 5.02 Å². The molecule has 3 heteroatoms. The zero-order valence-electron chi connectivity index (χ0n) is 9.44. The Balaban J connectivity index is 2.33. The molecule has 0 bridgehead atoms. The highest BCUT2D eigenvalue weighted by atomic mass is 35.5. The molecule has 0 spiro atoms. The van der Waals surface area contributed by atoms with Gasteiger partial charge in [0.1, 0.15) is 11.5 Å².